The highest BCUT2D eigenvalue weighted by Crippen LogP contribution is 2.22. The van der Waals surface area contributed by atoms with E-state index in [0.717, 1.165) is 0 Å². The molecule has 0 saturated heterocycles. The van der Waals surface area contributed by atoms with Crippen LogP contribution in [0.3, 0.4) is 0 Å². The number of allylic oxidation sites excluding steroid dienone is 1. The van der Waals surface area contributed by atoms with Crippen LogP contribution in [0, 0.1) is 5.92 Å². The molecule has 0 aromatic heterocycles. The van der Waals surface area contributed by atoms with E-state index in [2.05, 4.69) is 9.47 Å². The fourth-order valence-electron chi connectivity index (χ4n) is 1.47. The van der Waals surface area contributed by atoms with Crippen molar-refractivity contribution in [3.05, 3.63) is 12.2 Å². The van der Waals surface area contributed by atoms with E-state index < -0.39 is 12.3 Å². The molecule has 0 aromatic carbocycles. The highest BCUT2D eigenvalue weighted by Gasteiger charge is 2.26. The van der Waals surface area contributed by atoms with E-state index in [0.29, 0.717) is 12.8 Å². The molecule has 0 aliphatic heterocycles. The maximum Gasteiger partial charge on any atom is 0.508 e. The van der Waals surface area contributed by atoms with Crippen molar-refractivity contribution in [2.24, 2.45) is 5.92 Å². The number of carbonyl (C=O) groups is 2. The standard InChI is InChI=1S/C10H14O5/c1-13-9(11)7-4-3-5-8(6-7)15-10(12)14-2/h3,5,7-8H,4,6H2,1-2H3/t7-,8-/m1/s1. The summed E-state index contributed by atoms with van der Waals surface area (Å²) in [5, 5.41) is 0. The molecule has 1 rings (SSSR count). The summed E-state index contributed by atoms with van der Waals surface area (Å²) in [6, 6.07) is 0. The number of methoxy groups -OCH3 is 2. The third-order valence-corrected chi connectivity index (χ3v) is 2.24. The van der Waals surface area contributed by atoms with Crippen LogP contribution in [0.5, 0.6) is 0 Å². The summed E-state index contributed by atoms with van der Waals surface area (Å²) >= 11 is 0. The van der Waals surface area contributed by atoms with Gasteiger partial charge in [0.2, 0.25) is 0 Å². The molecule has 0 spiro atoms. The third-order valence-electron chi connectivity index (χ3n) is 2.24. The van der Waals surface area contributed by atoms with Gasteiger partial charge < -0.3 is 14.2 Å². The minimum absolute atomic E-state index is 0.241. The van der Waals surface area contributed by atoms with Gasteiger partial charge in [-0.2, -0.15) is 0 Å². The lowest BCUT2D eigenvalue weighted by atomic mass is 9.93. The zero-order valence-electron chi connectivity index (χ0n) is 8.76. The molecule has 84 valence electrons. The summed E-state index contributed by atoms with van der Waals surface area (Å²) in [6.45, 7) is 0. The van der Waals surface area contributed by atoms with Crippen LogP contribution in [0.1, 0.15) is 12.8 Å². The second-order valence-corrected chi connectivity index (χ2v) is 3.23. The maximum atomic E-state index is 11.2. The van der Waals surface area contributed by atoms with Crippen LogP contribution in [0.15, 0.2) is 12.2 Å². The second-order valence-electron chi connectivity index (χ2n) is 3.23. The predicted octanol–water partition coefficient (Wildman–Crippen LogP) is 1.28. The van der Waals surface area contributed by atoms with Gasteiger partial charge in [0.05, 0.1) is 20.1 Å². The van der Waals surface area contributed by atoms with Crippen LogP contribution in [0.2, 0.25) is 0 Å². The molecule has 5 nitrogen and oxygen atoms in total. The summed E-state index contributed by atoms with van der Waals surface area (Å²) in [4.78, 5) is 22.1. The van der Waals surface area contributed by atoms with Crippen LogP contribution in [0.25, 0.3) is 0 Å². The zero-order valence-corrected chi connectivity index (χ0v) is 8.76. The van der Waals surface area contributed by atoms with Crippen molar-refractivity contribution < 1.29 is 23.8 Å². The van der Waals surface area contributed by atoms with Crippen LogP contribution in [-0.2, 0) is 19.0 Å². The lowest BCUT2D eigenvalue weighted by Crippen LogP contribution is -2.27. The van der Waals surface area contributed by atoms with Crippen molar-refractivity contribution in [3.8, 4) is 0 Å². The minimum atomic E-state index is -0.741. The molecule has 0 amide bonds. The van der Waals surface area contributed by atoms with Gasteiger partial charge in [0.1, 0.15) is 6.10 Å². The molecule has 0 fully saturated rings. The quantitative estimate of drug-likeness (QED) is 0.511. The third kappa shape index (κ3) is 3.27. The number of rotatable bonds is 2. The van der Waals surface area contributed by atoms with Gasteiger partial charge in [-0.1, -0.05) is 6.08 Å². The molecule has 0 N–H and O–H groups in total. The summed E-state index contributed by atoms with van der Waals surface area (Å²) in [7, 11) is 2.59. The number of esters is 1. The Balaban J connectivity index is 2.49. The molecular formula is C10H14O5. The monoisotopic (exact) mass is 214 g/mol. The molecular weight excluding hydrogens is 200 g/mol. The fraction of sp³-hybridized carbons (Fsp3) is 0.600. The van der Waals surface area contributed by atoms with E-state index in [1.807, 2.05) is 0 Å². The van der Waals surface area contributed by atoms with Crippen molar-refractivity contribution in [2.75, 3.05) is 14.2 Å². The highest BCUT2D eigenvalue weighted by molar-refractivity contribution is 5.73. The van der Waals surface area contributed by atoms with E-state index in [1.54, 1.807) is 12.2 Å². The van der Waals surface area contributed by atoms with Gasteiger partial charge >= 0.3 is 12.1 Å². The van der Waals surface area contributed by atoms with E-state index >= 15 is 0 Å². The molecule has 0 bridgehead atoms. The number of carbonyl (C=O) groups excluding carboxylic acids is 2. The Bertz CT molecular complexity index is 271. The summed E-state index contributed by atoms with van der Waals surface area (Å²) in [5.74, 6) is -0.521. The first-order valence-electron chi connectivity index (χ1n) is 4.66. The second kappa shape index (κ2) is 5.38. The lowest BCUT2D eigenvalue weighted by molar-refractivity contribution is -0.146. The Kier molecular flexibility index (Phi) is 4.15. The molecule has 0 unspecified atom stereocenters. The van der Waals surface area contributed by atoms with Gasteiger partial charge in [-0.3, -0.25) is 4.79 Å². The highest BCUT2D eigenvalue weighted by atomic mass is 16.7. The molecule has 1 aliphatic rings. The van der Waals surface area contributed by atoms with E-state index in [-0.39, 0.29) is 11.9 Å². The number of hydrogen-bond acceptors (Lipinski definition) is 5. The smallest absolute Gasteiger partial charge is 0.469 e. The van der Waals surface area contributed by atoms with Gasteiger partial charge in [0, 0.05) is 6.42 Å². The first kappa shape index (κ1) is 11.6. The molecule has 0 radical (unpaired) electrons. The SMILES string of the molecule is COC(=O)O[C@@H]1C=CC[C@@H](C(=O)OC)C1. The Hall–Kier alpha value is -1.52. The molecule has 0 aromatic rings. The van der Waals surface area contributed by atoms with Gasteiger partial charge in [0.25, 0.3) is 0 Å². The summed E-state index contributed by atoms with van der Waals surface area (Å²) < 4.78 is 13.9. The van der Waals surface area contributed by atoms with Crippen molar-refractivity contribution in [2.45, 2.75) is 18.9 Å². The van der Waals surface area contributed by atoms with E-state index in [4.69, 9.17) is 4.74 Å². The topological polar surface area (TPSA) is 61.8 Å². The van der Waals surface area contributed by atoms with Crippen LogP contribution in [0.4, 0.5) is 4.79 Å². The number of ether oxygens (including phenoxy) is 3. The van der Waals surface area contributed by atoms with Crippen LogP contribution < -0.4 is 0 Å². The first-order chi connectivity index (χ1) is 7.17. The first-order valence-corrected chi connectivity index (χ1v) is 4.66. The fourth-order valence-corrected chi connectivity index (χ4v) is 1.47. The van der Waals surface area contributed by atoms with E-state index in [9.17, 15) is 9.59 Å². The summed E-state index contributed by atoms with van der Waals surface area (Å²) in [5.41, 5.74) is 0. The molecule has 0 heterocycles. The van der Waals surface area contributed by atoms with Crippen molar-refractivity contribution >= 4 is 12.1 Å². The maximum absolute atomic E-state index is 11.2. The van der Waals surface area contributed by atoms with Crippen molar-refractivity contribution in [1.82, 2.24) is 0 Å². The molecule has 0 saturated carbocycles. The predicted molar refractivity (Wildman–Crippen MR) is 51.2 cm³/mol. The molecule has 2 atom stereocenters. The Morgan fingerprint density at radius 1 is 1.27 bits per heavy atom. The Morgan fingerprint density at radius 3 is 2.60 bits per heavy atom. The van der Waals surface area contributed by atoms with Crippen molar-refractivity contribution in [3.63, 3.8) is 0 Å². The average molecular weight is 214 g/mol. The van der Waals surface area contributed by atoms with E-state index in [1.165, 1.54) is 14.2 Å². The largest absolute Gasteiger partial charge is 0.508 e. The Labute approximate surface area is 88.0 Å². The molecule has 15 heavy (non-hydrogen) atoms. The Morgan fingerprint density at radius 2 is 2.00 bits per heavy atom. The van der Waals surface area contributed by atoms with Crippen LogP contribution in [-0.4, -0.2) is 32.4 Å². The van der Waals surface area contributed by atoms with Crippen molar-refractivity contribution in [1.29, 1.82) is 0 Å². The minimum Gasteiger partial charge on any atom is -0.469 e. The molecule has 5 heteroatoms. The number of hydrogen-bond donors (Lipinski definition) is 0. The molecule has 1 aliphatic carbocycles. The zero-order chi connectivity index (χ0) is 11.3. The van der Waals surface area contributed by atoms with Crippen LogP contribution >= 0.6 is 0 Å². The lowest BCUT2D eigenvalue weighted by Gasteiger charge is -2.22. The van der Waals surface area contributed by atoms with Gasteiger partial charge in [-0.25, -0.2) is 4.79 Å². The van der Waals surface area contributed by atoms with Gasteiger partial charge in [-0.05, 0) is 12.5 Å². The average Bonchev–Trinajstić information content (AvgIpc) is 2.28. The van der Waals surface area contributed by atoms with Gasteiger partial charge in [-0.15, -0.1) is 0 Å². The normalized spacial score (nSPS) is 24.4. The summed E-state index contributed by atoms with van der Waals surface area (Å²) in [6.07, 6.45) is 3.46. The van der Waals surface area contributed by atoms with Gasteiger partial charge in [0.15, 0.2) is 0 Å².